The minimum absolute atomic E-state index is 0.0639. The van der Waals surface area contributed by atoms with Crippen LogP contribution in [0, 0.1) is 0 Å². The monoisotopic (exact) mass is 196 g/mol. The molecular weight excluding hydrogens is 184 g/mol. The lowest BCUT2D eigenvalue weighted by Crippen LogP contribution is -2.06. The van der Waals surface area contributed by atoms with Crippen LogP contribution in [0.25, 0.3) is 0 Å². The highest BCUT2D eigenvalue weighted by molar-refractivity contribution is 7.99. The highest BCUT2D eigenvalue weighted by Crippen LogP contribution is 2.25. The Hall–Kier alpha value is -1.03. The zero-order chi connectivity index (χ0) is 9.68. The van der Waals surface area contributed by atoms with Gasteiger partial charge in [-0.3, -0.25) is 9.78 Å². The van der Waals surface area contributed by atoms with E-state index in [-0.39, 0.29) is 5.91 Å². The molecule has 0 bridgehead atoms. The molecule has 1 N–H and O–H groups in total. The molecule has 1 heterocycles. The van der Waals surface area contributed by atoms with Crippen LogP contribution in [-0.2, 0) is 4.79 Å². The molecule has 0 fully saturated rings. The Morgan fingerprint density at radius 1 is 1.69 bits per heavy atom. The first-order chi connectivity index (χ1) is 6.24. The molecule has 0 aliphatic heterocycles. The molecule has 0 aliphatic carbocycles. The summed E-state index contributed by atoms with van der Waals surface area (Å²) in [6.45, 7) is 3.57. The Morgan fingerprint density at radius 3 is 3.08 bits per heavy atom. The lowest BCUT2D eigenvalue weighted by Gasteiger charge is -2.06. The molecular formula is C9H12N2OS. The van der Waals surface area contributed by atoms with Crippen LogP contribution in [0.1, 0.15) is 13.8 Å². The van der Waals surface area contributed by atoms with Gasteiger partial charge in [0.25, 0.3) is 0 Å². The maximum absolute atomic E-state index is 10.8. The second-order valence-electron chi connectivity index (χ2n) is 2.49. The predicted molar refractivity (Wildman–Crippen MR) is 54.9 cm³/mol. The third-order valence-corrected chi connectivity index (χ3v) is 2.35. The number of amides is 1. The zero-order valence-corrected chi connectivity index (χ0v) is 8.52. The SMILES string of the molecule is CCSc1ccncc1NC(C)=O. The van der Waals surface area contributed by atoms with Gasteiger partial charge in [0.05, 0.1) is 11.9 Å². The maximum atomic E-state index is 10.8. The molecule has 0 radical (unpaired) electrons. The number of carbonyl (C=O) groups is 1. The van der Waals surface area contributed by atoms with Crippen LogP contribution >= 0.6 is 11.8 Å². The second-order valence-corrected chi connectivity index (χ2v) is 3.79. The zero-order valence-electron chi connectivity index (χ0n) is 7.70. The Bertz CT molecular complexity index is 301. The van der Waals surface area contributed by atoms with Crippen molar-refractivity contribution >= 4 is 23.4 Å². The van der Waals surface area contributed by atoms with Gasteiger partial charge in [-0.1, -0.05) is 6.92 Å². The van der Waals surface area contributed by atoms with Crippen LogP contribution < -0.4 is 5.32 Å². The molecule has 0 saturated carbocycles. The van der Waals surface area contributed by atoms with Crippen LogP contribution in [0.5, 0.6) is 0 Å². The van der Waals surface area contributed by atoms with E-state index in [1.54, 1.807) is 24.2 Å². The molecule has 1 amide bonds. The Balaban J connectivity index is 2.84. The minimum Gasteiger partial charge on any atom is -0.324 e. The van der Waals surface area contributed by atoms with Gasteiger partial charge in [0, 0.05) is 18.0 Å². The van der Waals surface area contributed by atoms with E-state index in [0.29, 0.717) is 0 Å². The maximum Gasteiger partial charge on any atom is 0.221 e. The Kier molecular flexibility index (Phi) is 3.76. The van der Waals surface area contributed by atoms with Crippen molar-refractivity contribution in [3.8, 4) is 0 Å². The van der Waals surface area contributed by atoms with Gasteiger partial charge in [-0.25, -0.2) is 0 Å². The quantitative estimate of drug-likeness (QED) is 0.753. The first-order valence-corrected chi connectivity index (χ1v) is 5.07. The number of hydrogen-bond donors (Lipinski definition) is 1. The third-order valence-electron chi connectivity index (χ3n) is 1.39. The number of nitrogens with one attached hydrogen (secondary N) is 1. The van der Waals surface area contributed by atoms with Gasteiger partial charge in [0.2, 0.25) is 5.91 Å². The molecule has 1 aromatic rings. The number of rotatable bonds is 3. The number of hydrogen-bond acceptors (Lipinski definition) is 3. The first kappa shape index (κ1) is 10.1. The van der Waals surface area contributed by atoms with Gasteiger partial charge >= 0.3 is 0 Å². The highest BCUT2D eigenvalue weighted by Gasteiger charge is 2.02. The van der Waals surface area contributed by atoms with Crippen molar-refractivity contribution in [1.29, 1.82) is 0 Å². The molecule has 1 aromatic heterocycles. The van der Waals surface area contributed by atoms with Crippen molar-refractivity contribution in [2.45, 2.75) is 18.7 Å². The van der Waals surface area contributed by atoms with Crippen molar-refractivity contribution in [1.82, 2.24) is 4.98 Å². The molecule has 0 unspecified atom stereocenters. The van der Waals surface area contributed by atoms with Crippen molar-refractivity contribution < 1.29 is 4.79 Å². The average Bonchev–Trinajstić information content (AvgIpc) is 2.08. The molecule has 0 saturated heterocycles. The summed E-state index contributed by atoms with van der Waals surface area (Å²) in [4.78, 5) is 15.8. The summed E-state index contributed by atoms with van der Waals surface area (Å²) in [7, 11) is 0. The van der Waals surface area contributed by atoms with Crippen LogP contribution in [0.4, 0.5) is 5.69 Å². The number of thioether (sulfide) groups is 1. The standard InChI is InChI=1S/C9H12N2OS/c1-3-13-9-4-5-10-6-8(9)11-7(2)12/h4-6H,3H2,1-2H3,(H,11,12). The fourth-order valence-corrected chi connectivity index (χ4v) is 1.67. The summed E-state index contributed by atoms with van der Waals surface area (Å²) in [5, 5.41) is 2.74. The van der Waals surface area contributed by atoms with E-state index in [0.717, 1.165) is 16.3 Å². The van der Waals surface area contributed by atoms with E-state index in [1.165, 1.54) is 6.92 Å². The van der Waals surface area contributed by atoms with Crippen LogP contribution in [0.15, 0.2) is 23.4 Å². The summed E-state index contributed by atoms with van der Waals surface area (Å²) < 4.78 is 0. The summed E-state index contributed by atoms with van der Waals surface area (Å²) in [6, 6.07) is 1.90. The normalized spacial score (nSPS) is 9.69. The summed E-state index contributed by atoms with van der Waals surface area (Å²) >= 11 is 1.69. The Morgan fingerprint density at radius 2 is 2.46 bits per heavy atom. The van der Waals surface area contributed by atoms with E-state index in [2.05, 4.69) is 17.2 Å². The van der Waals surface area contributed by atoms with Crippen molar-refractivity contribution in [2.75, 3.05) is 11.1 Å². The van der Waals surface area contributed by atoms with Crippen molar-refractivity contribution in [3.05, 3.63) is 18.5 Å². The molecule has 0 atom stereocenters. The van der Waals surface area contributed by atoms with Crippen molar-refractivity contribution in [2.24, 2.45) is 0 Å². The second kappa shape index (κ2) is 4.87. The van der Waals surface area contributed by atoms with Gasteiger partial charge < -0.3 is 5.32 Å². The van der Waals surface area contributed by atoms with E-state index < -0.39 is 0 Å². The van der Waals surface area contributed by atoms with Gasteiger partial charge in [-0.2, -0.15) is 0 Å². The van der Waals surface area contributed by atoms with E-state index in [1.807, 2.05) is 6.07 Å². The van der Waals surface area contributed by atoms with Crippen LogP contribution in [-0.4, -0.2) is 16.6 Å². The van der Waals surface area contributed by atoms with Gasteiger partial charge in [-0.15, -0.1) is 11.8 Å². The number of anilines is 1. The molecule has 0 aliphatic rings. The molecule has 0 aromatic carbocycles. The Labute approximate surface area is 81.9 Å². The van der Waals surface area contributed by atoms with E-state index in [9.17, 15) is 4.79 Å². The van der Waals surface area contributed by atoms with Gasteiger partial charge in [0.15, 0.2) is 0 Å². The first-order valence-electron chi connectivity index (χ1n) is 4.08. The number of carbonyl (C=O) groups excluding carboxylic acids is 1. The smallest absolute Gasteiger partial charge is 0.221 e. The fraction of sp³-hybridized carbons (Fsp3) is 0.333. The van der Waals surface area contributed by atoms with E-state index in [4.69, 9.17) is 0 Å². The molecule has 0 spiro atoms. The molecule has 13 heavy (non-hydrogen) atoms. The largest absolute Gasteiger partial charge is 0.324 e. The summed E-state index contributed by atoms with van der Waals surface area (Å²) in [5.74, 6) is 0.919. The summed E-state index contributed by atoms with van der Waals surface area (Å²) in [5.41, 5.74) is 0.793. The lowest BCUT2D eigenvalue weighted by atomic mass is 10.4. The number of pyridine rings is 1. The molecule has 1 rings (SSSR count). The van der Waals surface area contributed by atoms with Crippen LogP contribution in [0.2, 0.25) is 0 Å². The third kappa shape index (κ3) is 3.06. The minimum atomic E-state index is -0.0639. The number of aromatic nitrogens is 1. The van der Waals surface area contributed by atoms with E-state index >= 15 is 0 Å². The topological polar surface area (TPSA) is 42.0 Å². The highest BCUT2D eigenvalue weighted by atomic mass is 32.2. The lowest BCUT2D eigenvalue weighted by molar-refractivity contribution is -0.114. The average molecular weight is 196 g/mol. The predicted octanol–water partition coefficient (Wildman–Crippen LogP) is 2.15. The van der Waals surface area contributed by atoms with Crippen LogP contribution in [0.3, 0.4) is 0 Å². The molecule has 70 valence electrons. The van der Waals surface area contributed by atoms with Crippen molar-refractivity contribution in [3.63, 3.8) is 0 Å². The fourth-order valence-electron chi connectivity index (χ4n) is 0.947. The van der Waals surface area contributed by atoms with Gasteiger partial charge in [0.1, 0.15) is 0 Å². The molecule has 3 nitrogen and oxygen atoms in total. The number of nitrogens with zero attached hydrogens (tertiary/aromatic N) is 1. The summed E-state index contributed by atoms with van der Waals surface area (Å²) in [6.07, 6.45) is 3.39. The molecule has 4 heteroatoms. The van der Waals surface area contributed by atoms with Gasteiger partial charge in [-0.05, 0) is 11.8 Å².